The van der Waals surface area contributed by atoms with Crippen LogP contribution in [0.4, 0.5) is 5.95 Å². The van der Waals surface area contributed by atoms with Gasteiger partial charge in [-0.1, -0.05) is 107 Å². The molecule has 0 aliphatic rings. The summed E-state index contributed by atoms with van der Waals surface area (Å²) in [6.07, 6.45) is 14.6. The first-order chi connectivity index (χ1) is 14.8. The minimum atomic E-state index is 0.892. The van der Waals surface area contributed by atoms with Crippen molar-refractivity contribution in [2.75, 3.05) is 5.73 Å². The summed E-state index contributed by atoms with van der Waals surface area (Å²) in [4.78, 5) is 0. The van der Waals surface area contributed by atoms with E-state index in [0.29, 0.717) is 0 Å². The Hall–Kier alpha value is -2.29. The molecule has 1 aromatic heterocycles. The van der Waals surface area contributed by atoms with Gasteiger partial charge in [0.2, 0.25) is 0 Å². The van der Waals surface area contributed by atoms with E-state index in [1.807, 2.05) is 0 Å². The first-order valence-electron chi connectivity index (χ1n) is 12.1. The number of aromatic nitrogens is 2. The van der Waals surface area contributed by atoms with Crippen LogP contribution in [-0.2, 0) is 19.5 Å². The van der Waals surface area contributed by atoms with E-state index in [0.717, 1.165) is 25.5 Å². The summed E-state index contributed by atoms with van der Waals surface area (Å²) in [6.45, 7) is 4.22. The third-order valence-electron chi connectivity index (χ3n) is 6.22. The summed E-state index contributed by atoms with van der Waals surface area (Å²) in [7, 11) is 0. The van der Waals surface area contributed by atoms with Crippen LogP contribution >= 0.6 is 0 Å². The number of fused-ring (bicyclic) bond motifs is 1. The van der Waals surface area contributed by atoms with Gasteiger partial charge in [-0.05, 0) is 24.1 Å². The van der Waals surface area contributed by atoms with Gasteiger partial charge in [0.25, 0.3) is 0 Å². The summed E-state index contributed by atoms with van der Waals surface area (Å²) in [5.41, 5.74) is 10.5. The number of hydrogen-bond acceptors (Lipinski definition) is 1. The van der Waals surface area contributed by atoms with Crippen molar-refractivity contribution >= 4 is 17.0 Å². The Morgan fingerprint density at radius 2 is 1.33 bits per heavy atom. The summed E-state index contributed by atoms with van der Waals surface area (Å²) in [5.74, 6) is 0.892. The average molecular weight is 407 g/mol. The van der Waals surface area contributed by atoms with Gasteiger partial charge in [-0.15, -0.1) is 0 Å². The minimum Gasteiger partial charge on any atom is -0.290 e. The van der Waals surface area contributed by atoms with Crippen LogP contribution in [0, 0.1) is 0 Å². The van der Waals surface area contributed by atoms with Gasteiger partial charge in [0.1, 0.15) is 11.0 Å². The topological polar surface area (TPSA) is 34.8 Å². The van der Waals surface area contributed by atoms with Crippen molar-refractivity contribution in [1.29, 1.82) is 0 Å². The van der Waals surface area contributed by atoms with E-state index in [-0.39, 0.29) is 0 Å². The van der Waals surface area contributed by atoms with Crippen LogP contribution in [-0.4, -0.2) is 4.57 Å². The van der Waals surface area contributed by atoms with Crippen LogP contribution in [0.5, 0.6) is 0 Å². The minimum absolute atomic E-state index is 0.892. The zero-order chi connectivity index (χ0) is 21.0. The summed E-state index contributed by atoms with van der Waals surface area (Å²) >= 11 is 0. The number of unbranched alkanes of at least 4 members (excludes halogenated alkanes) is 9. The fraction of sp³-hybridized carbons (Fsp3) is 0.519. The lowest BCUT2D eigenvalue weighted by molar-refractivity contribution is -0.657. The maximum atomic E-state index is 6.63. The van der Waals surface area contributed by atoms with E-state index >= 15 is 0 Å². The quantitative estimate of drug-likeness (QED) is 0.235. The number of imidazole rings is 1. The number of nitrogens with two attached hydrogens (primary N) is 1. The third-order valence-corrected chi connectivity index (χ3v) is 6.22. The third kappa shape index (κ3) is 6.35. The second kappa shape index (κ2) is 12.4. The smallest absolute Gasteiger partial charge is 0.290 e. The Labute approximate surface area is 182 Å². The Morgan fingerprint density at radius 3 is 2.03 bits per heavy atom. The van der Waals surface area contributed by atoms with E-state index in [9.17, 15) is 0 Å². The van der Waals surface area contributed by atoms with E-state index in [1.54, 1.807) is 0 Å². The molecule has 2 N–H and O–H groups in total. The number of nitrogens with zero attached hydrogens (tertiary/aromatic N) is 2. The number of rotatable bonds is 14. The summed E-state index contributed by atoms with van der Waals surface area (Å²) in [6, 6.07) is 19.3. The number of aryl methyl sites for hydroxylation is 3. The van der Waals surface area contributed by atoms with E-state index in [1.165, 1.54) is 80.8 Å². The van der Waals surface area contributed by atoms with Crippen molar-refractivity contribution in [1.82, 2.24) is 4.57 Å². The predicted octanol–water partition coefficient (Wildman–Crippen LogP) is 6.67. The van der Waals surface area contributed by atoms with Gasteiger partial charge in [-0.25, -0.2) is 9.13 Å². The summed E-state index contributed by atoms with van der Waals surface area (Å²) < 4.78 is 4.61. The van der Waals surface area contributed by atoms with Crippen LogP contribution in [0.3, 0.4) is 0 Å². The highest BCUT2D eigenvalue weighted by Gasteiger charge is 2.20. The molecule has 3 heteroatoms. The van der Waals surface area contributed by atoms with Crippen molar-refractivity contribution in [3.63, 3.8) is 0 Å². The highest BCUT2D eigenvalue weighted by atomic mass is 15.2. The first-order valence-corrected chi connectivity index (χ1v) is 12.1. The maximum Gasteiger partial charge on any atom is 0.356 e. The lowest BCUT2D eigenvalue weighted by Crippen LogP contribution is -2.36. The van der Waals surface area contributed by atoms with Crippen molar-refractivity contribution < 1.29 is 4.57 Å². The van der Waals surface area contributed by atoms with Crippen LogP contribution in [0.25, 0.3) is 11.0 Å². The molecular formula is C27H40N3+. The van der Waals surface area contributed by atoms with Crippen LogP contribution in [0.1, 0.15) is 76.7 Å². The SMILES string of the molecule is CCCCCCCCCCCC[n+]1c(N)n(CCc2ccccc2)c2ccccc21. The molecule has 3 nitrogen and oxygen atoms in total. The highest BCUT2D eigenvalue weighted by molar-refractivity contribution is 5.73. The maximum absolute atomic E-state index is 6.63. The molecular weight excluding hydrogens is 366 g/mol. The van der Waals surface area contributed by atoms with E-state index in [2.05, 4.69) is 70.7 Å². The second-order valence-electron chi connectivity index (χ2n) is 8.57. The second-order valence-corrected chi connectivity index (χ2v) is 8.57. The largest absolute Gasteiger partial charge is 0.356 e. The molecule has 0 spiro atoms. The first kappa shape index (κ1) is 22.4. The van der Waals surface area contributed by atoms with Crippen molar-refractivity contribution in [3.8, 4) is 0 Å². The average Bonchev–Trinajstić information content (AvgIpc) is 3.05. The lowest BCUT2D eigenvalue weighted by atomic mass is 10.1. The van der Waals surface area contributed by atoms with Crippen molar-refractivity contribution in [2.45, 2.75) is 90.6 Å². The summed E-state index contributed by atoms with van der Waals surface area (Å²) in [5, 5.41) is 0. The van der Waals surface area contributed by atoms with E-state index < -0.39 is 0 Å². The molecule has 0 radical (unpaired) electrons. The van der Waals surface area contributed by atoms with Gasteiger partial charge < -0.3 is 0 Å². The zero-order valence-corrected chi connectivity index (χ0v) is 18.9. The van der Waals surface area contributed by atoms with Gasteiger partial charge in [0, 0.05) is 6.42 Å². The molecule has 0 bridgehead atoms. The molecule has 0 aliphatic carbocycles. The molecule has 0 fully saturated rings. The molecule has 1 heterocycles. The molecule has 3 aromatic rings. The van der Waals surface area contributed by atoms with Crippen LogP contribution in [0.15, 0.2) is 54.6 Å². The standard InChI is InChI=1S/C27H39N3/c1-2-3-4-5-6-7-8-9-10-16-22-29-25-19-14-15-20-26(25)30(27(29)28)23-21-24-17-12-11-13-18-24/h11-15,17-20,28H,2-10,16,21-23H2,1H3/p+1. The normalized spacial score (nSPS) is 11.4. The van der Waals surface area contributed by atoms with Crippen molar-refractivity contribution in [2.24, 2.45) is 0 Å². The van der Waals surface area contributed by atoms with Gasteiger partial charge in [0.05, 0.1) is 13.1 Å². The fourth-order valence-corrected chi connectivity index (χ4v) is 4.43. The molecule has 0 saturated carbocycles. The lowest BCUT2D eigenvalue weighted by Gasteiger charge is -2.04. The Morgan fingerprint density at radius 1 is 0.733 bits per heavy atom. The monoisotopic (exact) mass is 406 g/mol. The number of benzene rings is 2. The Kier molecular flexibility index (Phi) is 9.27. The van der Waals surface area contributed by atoms with Crippen LogP contribution < -0.4 is 10.3 Å². The molecule has 0 saturated heterocycles. The molecule has 0 aliphatic heterocycles. The molecule has 0 amide bonds. The van der Waals surface area contributed by atoms with Gasteiger partial charge in [-0.2, -0.15) is 0 Å². The van der Waals surface area contributed by atoms with Crippen LogP contribution in [0.2, 0.25) is 0 Å². The number of nitrogen functional groups attached to an aromatic ring is 1. The predicted molar refractivity (Wildman–Crippen MR) is 129 cm³/mol. The number of para-hydroxylation sites is 2. The molecule has 162 valence electrons. The fourth-order valence-electron chi connectivity index (χ4n) is 4.43. The zero-order valence-electron chi connectivity index (χ0n) is 18.9. The Bertz CT molecular complexity index is 866. The highest BCUT2D eigenvalue weighted by Crippen LogP contribution is 2.18. The number of hydrogen-bond donors (Lipinski definition) is 1. The van der Waals surface area contributed by atoms with Crippen molar-refractivity contribution in [3.05, 3.63) is 60.2 Å². The molecule has 0 atom stereocenters. The number of anilines is 1. The molecule has 2 aromatic carbocycles. The van der Waals surface area contributed by atoms with Gasteiger partial charge >= 0.3 is 5.95 Å². The molecule has 3 rings (SSSR count). The molecule has 30 heavy (non-hydrogen) atoms. The van der Waals surface area contributed by atoms with Gasteiger partial charge in [0.15, 0.2) is 0 Å². The van der Waals surface area contributed by atoms with E-state index in [4.69, 9.17) is 5.73 Å². The Balaban J connectivity index is 1.50. The van der Waals surface area contributed by atoms with Gasteiger partial charge in [-0.3, -0.25) is 5.73 Å². The molecule has 0 unspecified atom stereocenters.